The molecule has 0 fully saturated rings. The first-order valence-electron chi connectivity index (χ1n) is 5.88. The van der Waals surface area contributed by atoms with E-state index in [-0.39, 0.29) is 5.69 Å². The first kappa shape index (κ1) is 12.1. The largest absolute Gasteiger partial charge is 0.399 e. The van der Waals surface area contributed by atoms with Crippen LogP contribution in [0.4, 0.5) is 11.5 Å². The predicted molar refractivity (Wildman–Crippen MR) is 73.1 cm³/mol. The summed E-state index contributed by atoms with van der Waals surface area (Å²) >= 11 is 0. The van der Waals surface area contributed by atoms with Crippen LogP contribution in [0.15, 0.2) is 35.1 Å². The average Bonchev–Trinajstić information content (AvgIpc) is 2.82. The second-order valence-corrected chi connectivity index (χ2v) is 4.28. The Bertz CT molecular complexity index is 779. The van der Waals surface area contributed by atoms with Gasteiger partial charge in [-0.1, -0.05) is 5.16 Å². The van der Waals surface area contributed by atoms with Crippen LogP contribution < -0.4 is 11.1 Å². The maximum Gasteiger partial charge on any atom is 0.277 e. The van der Waals surface area contributed by atoms with Crippen LogP contribution in [-0.4, -0.2) is 21.0 Å². The second kappa shape index (κ2) is 4.61. The molecule has 0 saturated heterocycles. The van der Waals surface area contributed by atoms with E-state index in [1.165, 1.54) is 12.4 Å². The second-order valence-electron chi connectivity index (χ2n) is 4.28. The van der Waals surface area contributed by atoms with Gasteiger partial charge >= 0.3 is 0 Å². The van der Waals surface area contributed by atoms with Crippen LogP contribution in [0.3, 0.4) is 0 Å². The summed E-state index contributed by atoms with van der Waals surface area (Å²) in [7, 11) is 0. The van der Waals surface area contributed by atoms with E-state index >= 15 is 0 Å². The Morgan fingerprint density at radius 2 is 2.15 bits per heavy atom. The molecule has 0 atom stereocenters. The van der Waals surface area contributed by atoms with Crippen molar-refractivity contribution in [2.75, 3.05) is 11.1 Å². The van der Waals surface area contributed by atoms with Crippen molar-refractivity contribution in [2.24, 2.45) is 0 Å². The van der Waals surface area contributed by atoms with E-state index in [4.69, 9.17) is 10.3 Å². The van der Waals surface area contributed by atoms with Gasteiger partial charge in [-0.25, -0.2) is 4.98 Å². The fourth-order valence-corrected chi connectivity index (χ4v) is 1.73. The number of rotatable bonds is 2. The quantitative estimate of drug-likeness (QED) is 0.686. The number of carbonyl (C=O) groups is 1. The normalized spacial score (nSPS) is 10.7. The maximum absolute atomic E-state index is 12.0. The molecule has 20 heavy (non-hydrogen) atoms. The van der Waals surface area contributed by atoms with Gasteiger partial charge in [0, 0.05) is 11.9 Å². The molecule has 0 bridgehead atoms. The third-order valence-corrected chi connectivity index (χ3v) is 2.74. The summed E-state index contributed by atoms with van der Waals surface area (Å²) in [5.41, 5.74) is 7.75. The molecular weight excluding hydrogens is 258 g/mol. The number of benzene rings is 1. The number of aryl methyl sites for hydroxylation is 1. The number of amides is 1. The van der Waals surface area contributed by atoms with Crippen LogP contribution in [0, 0.1) is 6.92 Å². The van der Waals surface area contributed by atoms with Gasteiger partial charge in [0.25, 0.3) is 5.91 Å². The first-order valence-corrected chi connectivity index (χ1v) is 5.88. The van der Waals surface area contributed by atoms with E-state index in [1.54, 1.807) is 25.1 Å². The van der Waals surface area contributed by atoms with Crippen molar-refractivity contribution in [3.05, 3.63) is 42.0 Å². The Hall–Kier alpha value is -2.96. The lowest BCUT2D eigenvalue weighted by atomic mass is 10.2. The lowest BCUT2D eigenvalue weighted by molar-refractivity contribution is 0.102. The van der Waals surface area contributed by atoms with Crippen molar-refractivity contribution < 1.29 is 9.32 Å². The van der Waals surface area contributed by atoms with E-state index in [9.17, 15) is 4.79 Å². The van der Waals surface area contributed by atoms with Gasteiger partial charge in [-0.3, -0.25) is 9.78 Å². The van der Waals surface area contributed by atoms with Gasteiger partial charge in [-0.2, -0.15) is 0 Å². The highest BCUT2D eigenvalue weighted by molar-refractivity contribution is 6.06. The number of nitrogens with one attached hydrogen (secondary N) is 1. The van der Waals surface area contributed by atoms with Gasteiger partial charge in [0.15, 0.2) is 11.4 Å². The summed E-state index contributed by atoms with van der Waals surface area (Å²) in [4.78, 5) is 20.0. The van der Waals surface area contributed by atoms with Gasteiger partial charge in [0.2, 0.25) is 0 Å². The molecule has 7 nitrogen and oxygen atoms in total. The molecule has 0 unspecified atom stereocenters. The van der Waals surface area contributed by atoms with Gasteiger partial charge in [0.1, 0.15) is 5.69 Å². The SMILES string of the molecule is Cc1cnc(C(=O)Nc2noc3ccc(N)cc23)cn1. The summed E-state index contributed by atoms with van der Waals surface area (Å²) in [6.45, 7) is 1.79. The summed E-state index contributed by atoms with van der Waals surface area (Å²) < 4.78 is 5.10. The Morgan fingerprint density at radius 3 is 2.90 bits per heavy atom. The van der Waals surface area contributed by atoms with Gasteiger partial charge in [-0.15, -0.1) is 0 Å². The van der Waals surface area contributed by atoms with Gasteiger partial charge < -0.3 is 15.6 Å². The van der Waals surface area contributed by atoms with E-state index in [0.717, 1.165) is 5.69 Å². The van der Waals surface area contributed by atoms with Crippen molar-refractivity contribution in [3.8, 4) is 0 Å². The highest BCUT2D eigenvalue weighted by Gasteiger charge is 2.14. The lowest BCUT2D eigenvalue weighted by Crippen LogP contribution is -2.14. The van der Waals surface area contributed by atoms with Gasteiger partial charge in [-0.05, 0) is 25.1 Å². The number of fused-ring (bicyclic) bond motifs is 1. The molecule has 2 aromatic heterocycles. The lowest BCUT2D eigenvalue weighted by Gasteiger charge is -2.01. The molecule has 0 radical (unpaired) electrons. The van der Waals surface area contributed by atoms with Crippen LogP contribution >= 0.6 is 0 Å². The zero-order valence-corrected chi connectivity index (χ0v) is 10.6. The van der Waals surface area contributed by atoms with Gasteiger partial charge in [0.05, 0.1) is 17.3 Å². The topological polar surface area (TPSA) is 107 Å². The molecule has 0 aliphatic carbocycles. The van der Waals surface area contributed by atoms with Crippen molar-refractivity contribution in [2.45, 2.75) is 6.92 Å². The van der Waals surface area contributed by atoms with E-state index in [1.807, 2.05) is 0 Å². The van der Waals surface area contributed by atoms with E-state index in [2.05, 4.69) is 20.4 Å². The third kappa shape index (κ3) is 2.16. The minimum Gasteiger partial charge on any atom is -0.399 e. The molecule has 7 heteroatoms. The Balaban J connectivity index is 1.91. The van der Waals surface area contributed by atoms with Crippen LogP contribution in [0.2, 0.25) is 0 Å². The third-order valence-electron chi connectivity index (χ3n) is 2.74. The standard InChI is InChI=1S/C13H11N5O2/c1-7-5-16-10(6-15-7)13(19)17-12-9-4-8(14)2-3-11(9)20-18-12/h2-6H,14H2,1H3,(H,17,18,19). The fourth-order valence-electron chi connectivity index (χ4n) is 1.73. The van der Waals surface area contributed by atoms with Crippen LogP contribution in [-0.2, 0) is 0 Å². The van der Waals surface area contributed by atoms with Crippen molar-refractivity contribution in [1.82, 2.24) is 15.1 Å². The zero-order valence-electron chi connectivity index (χ0n) is 10.6. The average molecular weight is 269 g/mol. The number of aromatic nitrogens is 3. The first-order chi connectivity index (χ1) is 9.63. The van der Waals surface area contributed by atoms with Crippen LogP contribution in [0.5, 0.6) is 0 Å². The molecule has 2 heterocycles. The highest BCUT2D eigenvalue weighted by atomic mass is 16.5. The zero-order chi connectivity index (χ0) is 14.1. The van der Waals surface area contributed by atoms with Crippen molar-refractivity contribution >= 4 is 28.4 Å². The molecule has 0 aliphatic rings. The Labute approximate surface area is 113 Å². The summed E-state index contributed by atoms with van der Waals surface area (Å²) in [5, 5.41) is 7.07. The van der Waals surface area contributed by atoms with Crippen LogP contribution in [0.25, 0.3) is 11.0 Å². The minimum atomic E-state index is -0.407. The fraction of sp³-hybridized carbons (Fsp3) is 0.0769. The number of carbonyl (C=O) groups excluding carboxylic acids is 1. The molecule has 0 aliphatic heterocycles. The van der Waals surface area contributed by atoms with Crippen LogP contribution in [0.1, 0.15) is 16.2 Å². The van der Waals surface area contributed by atoms with E-state index < -0.39 is 5.91 Å². The molecule has 3 rings (SSSR count). The smallest absolute Gasteiger partial charge is 0.277 e. The summed E-state index contributed by atoms with van der Waals surface area (Å²) in [6.07, 6.45) is 2.93. The molecule has 3 N–H and O–H groups in total. The number of nitrogens with two attached hydrogens (primary N) is 1. The summed E-state index contributed by atoms with van der Waals surface area (Å²) in [6, 6.07) is 5.08. The molecule has 0 saturated carbocycles. The monoisotopic (exact) mass is 269 g/mol. The molecule has 1 amide bonds. The molecule has 1 aromatic carbocycles. The molecular formula is C13H11N5O2. The number of nitrogen functional groups attached to an aromatic ring is 1. The highest BCUT2D eigenvalue weighted by Crippen LogP contribution is 2.25. The molecule has 100 valence electrons. The minimum absolute atomic E-state index is 0.204. The van der Waals surface area contributed by atoms with E-state index in [0.29, 0.717) is 22.5 Å². The molecule has 3 aromatic rings. The Kier molecular flexibility index (Phi) is 2.79. The Morgan fingerprint density at radius 1 is 1.30 bits per heavy atom. The number of anilines is 2. The van der Waals surface area contributed by atoms with Crippen molar-refractivity contribution in [1.29, 1.82) is 0 Å². The number of hydrogen-bond donors (Lipinski definition) is 2. The van der Waals surface area contributed by atoms with Crippen molar-refractivity contribution in [3.63, 3.8) is 0 Å². The number of nitrogens with zero attached hydrogens (tertiary/aromatic N) is 3. The maximum atomic E-state index is 12.0. The number of hydrogen-bond acceptors (Lipinski definition) is 6. The summed E-state index contributed by atoms with van der Waals surface area (Å²) in [5.74, 6) is -0.102. The predicted octanol–water partition coefficient (Wildman–Crippen LogP) is 1.76. The molecule has 0 spiro atoms.